The number of sulfonamides is 1. The number of Topliss-reactive ketones (excluding diaryl/α,β-unsaturated/α-hetero) is 1. The quantitative estimate of drug-likeness (QED) is 0.692. The number of hydrogen-bond acceptors (Lipinski definition) is 5. The van der Waals surface area contributed by atoms with Crippen molar-refractivity contribution in [3.05, 3.63) is 48.2 Å². The van der Waals surface area contributed by atoms with Crippen LogP contribution in [0.15, 0.2) is 46.0 Å². The Morgan fingerprint density at radius 1 is 1.23 bits per heavy atom. The van der Waals surface area contributed by atoms with Crippen LogP contribution in [-0.2, 0) is 10.0 Å². The Kier molecular flexibility index (Phi) is 5.88. The lowest BCUT2D eigenvalue weighted by Crippen LogP contribution is -2.38. The molecule has 140 valence electrons. The van der Waals surface area contributed by atoms with E-state index in [4.69, 9.17) is 4.42 Å². The molecule has 0 spiro atoms. The Balaban J connectivity index is 1.46. The van der Waals surface area contributed by atoms with E-state index in [1.807, 2.05) is 19.1 Å². The number of hydrogen-bond donors (Lipinski definition) is 0. The zero-order valence-electron chi connectivity index (χ0n) is 14.9. The minimum Gasteiger partial charge on any atom is -0.442 e. The molecule has 0 atom stereocenters. The summed E-state index contributed by atoms with van der Waals surface area (Å²) in [6, 6.07) is 6.99. The average molecular weight is 376 g/mol. The normalized spacial score (nSPS) is 16.7. The highest BCUT2D eigenvalue weighted by Crippen LogP contribution is 2.27. The third-order valence-electron chi connectivity index (χ3n) is 4.92. The third-order valence-corrected chi connectivity index (χ3v) is 6.83. The molecule has 1 aromatic carbocycles. The van der Waals surface area contributed by atoms with Crippen molar-refractivity contribution in [3.8, 4) is 0 Å². The number of carbonyl (C=O) groups excluding carboxylic acids is 1. The number of aromatic nitrogens is 1. The van der Waals surface area contributed by atoms with E-state index in [1.165, 1.54) is 12.5 Å². The Labute approximate surface area is 154 Å². The van der Waals surface area contributed by atoms with E-state index in [0.29, 0.717) is 30.3 Å². The van der Waals surface area contributed by atoms with Crippen LogP contribution in [0.25, 0.3) is 0 Å². The van der Waals surface area contributed by atoms with Gasteiger partial charge in [0, 0.05) is 19.5 Å². The summed E-state index contributed by atoms with van der Waals surface area (Å²) in [7, 11) is -3.41. The van der Waals surface area contributed by atoms with Gasteiger partial charge in [0.1, 0.15) is 6.26 Å². The minimum atomic E-state index is -3.41. The standard InChI is InChI=1S/C19H24N2O4S/c1-15-5-7-17(8-6-15)26(23,24)21-12-9-16(10-13-21)3-2-4-18(22)19-20-11-14-25-19/h5-8,11,14,16H,2-4,9-10,12-13H2,1H3. The minimum absolute atomic E-state index is 0.0746. The van der Waals surface area contributed by atoms with Crippen molar-refractivity contribution in [2.45, 2.75) is 43.9 Å². The Hall–Kier alpha value is -1.99. The van der Waals surface area contributed by atoms with E-state index in [9.17, 15) is 13.2 Å². The van der Waals surface area contributed by atoms with Gasteiger partial charge in [0.05, 0.1) is 11.1 Å². The Morgan fingerprint density at radius 2 is 1.92 bits per heavy atom. The Morgan fingerprint density at radius 3 is 2.54 bits per heavy atom. The van der Waals surface area contributed by atoms with Gasteiger partial charge in [-0.15, -0.1) is 0 Å². The second kappa shape index (κ2) is 8.14. The van der Waals surface area contributed by atoms with Gasteiger partial charge >= 0.3 is 0 Å². The fraction of sp³-hybridized carbons (Fsp3) is 0.474. The van der Waals surface area contributed by atoms with Gasteiger partial charge in [-0.2, -0.15) is 4.31 Å². The number of carbonyl (C=O) groups is 1. The zero-order chi connectivity index (χ0) is 18.6. The van der Waals surface area contributed by atoms with Crippen LogP contribution >= 0.6 is 0 Å². The van der Waals surface area contributed by atoms with E-state index in [0.717, 1.165) is 31.2 Å². The molecule has 2 aromatic rings. The summed E-state index contributed by atoms with van der Waals surface area (Å²) < 4.78 is 32.0. The molecule has 0 amide bonds. The molecule has 1 saturated heterocycles. The van der Waals surface area contributed by atoms with Gasteiger partial charge < -0.3 is 4.42 Å². The first kappa shape index (κ1) is 18.8. The summed E-state index contributed by atoms with van der Waals surface area (Å²) in [6.45, 7) is 3.01. The van der Waals surface area contributed by atoms with Gasteiger partial charge in [-0.25, -0.2) is 13.4 Å². The molecule has 3 rings (SSSR count). The van der Waals surface area contributed by atoms with Crippen LogP contribution < -0.4 is 0 Å². The number of rotatable bonds is 7. The SMILES string of the molecule is Cc1ccc(S(=O)(=O)N2CCC(CCCC(=O)c3ncco3)CC2)cc1. The van der Waals surface area contributed by atoms with Crippen molar-refractivity contribution < 1.29 is 17.6 Å². The molecule has 0 radical (unpaired) electrons. The monoisotopic (exact) mass is 376 g/mol. The first-order chi connectivity index (χ1) is 12.5. The lowest BCUT2D eigenvalue weighted by Gasteiger charge is -2.31. The molecule has 0 aliphatic carbocycles. The van der Waals surface area contributed by atoms with Crippen molar-refractivity contribution in [1.82, 2.24) is 9.29 Å². The lowest BCUT2D eigenvalue weighted by atomic mass is 9.92. The first-order valence-electron chi connectivity index (χ1n) is 8.96. The van der Waals surface area contributed by atoms with Crippen molar-refractivity contribution in [1.29, 1.82) is 0 Å². The second-order valence-electron chi connectivity index (χ2n) is 6.81. The molecule has 26 heavy (non-hydrogen) atoms. The van der Waals surface area contributed by atoms with Crippen molar-refractivity contribution >= 4 is 15.8 Å². The van der Waals surface area contributed by atoms with Crippen LogP contribution in [0.3, 0.4) is 0 Å². The van der Waals surface area contributed by atoms with Gasteiger partial charge in [0.15, 0.2) is 0 Å². The number of oxazole rings is 1. The van der Waals surface area contributed by atoms with E-state index >= 15 is 0 Å². The van der Waals surface area contributed by atoms with E-state index in [-0.39, 0.29) is 11.7 Å². The van der Waals surface area contributed by atoms with Crippen LogP contribution in [0.4, 0.5) is 0 Å². The van der Waals surface area contributed by atoms with Crippen LogP contribution in [0.5, 0.6) is 0 Å². The summed E-state index contributed by atoms with van der Waals surface area (Å²) in [5.74, 6) is 0.551. The van der Waals surface area contributed by atoms with Gasteiger partial charge in [0.2, 0.25) is 15.8 Å². The molecule has 1 fully saturated rings. The van der Waals surface area contributed by atoms with Crippen LogP contribution in [0.2, 0.25) is 0 Å². The molecule has 1 aliphatic heterocycles. The largest absolute Gasteiger partial charge is 0.442 e. The molecule has 1 aromatic heterocycles. The maximum atomic E-state index is 12.7. The topological polar surface area (TPSA) is 80.5 Å². The molecule has 7 heteroatoms. The van der Waals surface area contributed by atoms with Crippen LogP contribution in [0.1, 0.15) is 48.4 Å². The molecular formula is C19H24N2O4S. The van der Waals surface area contributed by atoms with Crippen molar-refractivity contribution in [2.24, 2.45) is 5.92 Å². The first-order valence-corrected chi connectivity index (χ1v) is 10.4. The molecule has 0 bridgehead atoms. The van der Waals surface area contributed by atoms with Crippen molar-refractivity contribution in [2.75, 3.05) is 13.1 Å². The molecule has 6 nitrogen and oxygen atoms in total. The fourth-order valence-corrected chi connectivity index (χ4v) is 4.79. The molecular weight excluding hydrogens is 352 g/mol. The summed E-state index contributed by atoms with van der Waals surface area (Å²) in [5, 5.41) is 0. The molecule has 0 unspecified atom stereocenters. The highest BCUT2D eigenvalue weighted by Gasteiger charge is 2.29. The summed E-state index contributed by atoms with van der Waals surface area (Å²) >= 11 is 0. The van der Waals surface area contributed by atoms with E-state index < -0.39 is 10.0 Å². The van der Waals surface area contributed by atoms with Crippen molar-refractivity contribution in [3.63, 3.8) is 0 Å². The summed E-state index contributed by atoms with van der Waals surface area (Å²) in [6.07, 6.45) is 6.65. The van der Waals surface area contributed by atoms with E-state index in [2.05, 4.69) is 4.98 Å². The number of aryl methyl sites for hydroxylation is 1. The summed E-state index contributed by atoms with van der Waals surface area (Å²) in [4.78, 5) is 16.1. The maximum absolute atomic E-state index is 12.7. The molecule has 2 heterocycles. The third kappa shape index (κ3) is 4.40. The van der Waals surface area contributed by atoms with Crippen LogP contribution in [-0.4, -0.2) is 36.6 Å². The highest BCUT2D eigenvalue weighted by atomic mass is 32.2. The predicted octanol–water partition coefficient (Wildman–Crippen LogP) is 3.44. The van der Waals surface area contributed by atoms with Gasteiger partial charge in [-0.3, -0.25) is 4.79 Å². The molecule has 0 saturated carbocycles. The Bertz CT molecular complexity index is 821. The number of ketones is 1. The maximum Gasteiger partial charge on any atom is 0.263 e. The molecule has 0 N–H and O–H groups in total. The summed E-state index contributed by atoms with van der Waals surface area (Å²) in [5.41, 5.74) is 1.04. The lowest BCUT2D eigenvalue weighted by molar-refractivity contribution is 0.0942. The average Bonchev–Trinajstić information content (AvgIpc) is 3.17. The fourth-order valence-electron chi connectivity index (χ4n) is 3.32. The highest BCUT2D eigenvalue weighted by molar-refractivity contribution is 7.89. The van der Waals surface area contributed by atoms with Crippen LogP contribution in [0, 0.1) is 12.8 Å². The number of piperidine rings is 1. The number of nitrogens with zero attached hydrogens (tertiary/aromatic N) is 2. The van der Waals surface area contributed by atoms with Gasteiger partial charge in [-0.1, -0.05) is 17.7 Å². The predicted molar refractivity (Wildman–Crippen MR) is 97.3 cm³/mol. The van der Waals surface area contributed by atoms with E-state index in [1.54, 1.807) is 16.4 Å². The smallest absolute Gasteiger partial charge is 0.263 e. The zero-order valence-corrected chi connectivity index (χ0v) is 15.7. The number of benzene rings is 1. The van der Waals surface area contributed by atoms with Gasteiger partial charge in [-0.05, 0) is 50.7 Å². The van der Waals surface area contributed by atoms with Gasteiger partial charge in [0.25, 0.3) is 5.89 Å². The molecule has 1 aliphatic rings. The second-order valence-corrected chi connectivity index (χ2v) is 8.75.